The summed E-state index contributed by atoms with van der Waals surface area (Å²) in [5.41, 5.74) is 0. The van der Waals surface area contributed by atoms with Crippen LogP contribution in [-0.2, 0) is 9.53 Å². The Bertz CT molecular complexity index is 201. The summed E-state index contributed by atoms with van der Waals surface area (Å²) in [5.74, 6) is 0.479. The van der Waals surface area contributed by atoms with E-state index in [0.717, 1.165) is 12.8 Å². The molecule has 0 aromatic rings. The zero-order valence-electron chi connectivity index (χ0n) is 9.19. The minimum Gasteiger partial charge on any atom is -0.481 e. The minimum absolute atomic E-state index is 0.0800. The standard InChI is InChI=1S/C11H20O3/c1-7(2)9-4-8(3)14-10(5-9)6-11(12)13/h7-10H,4-6H2,1-3H3,(H,12,13). The molecule has 1 saturated heterocycles. The topological polar surface area (TPSA) is 46.5 Å². The van der Waals surface area contributed by atoms with Gasteiger partial charge in [-0.15, -0.1) is 0 Å². The van der Waals surface area contributed by atoms with Crippen LogP contribution >= 0.6 is 0 Å². The Balaban J connectivity index is 2.49. The fraction of sp³-hybridized carbons (Fsp3) is 0.909. The van der Waals surface area contributed by atoms with E-state index in [1.54, 1.807) is 0 Å². The van der Waals surface area contributed by atoms with Gasteiger partial charge in [0.25, 0.3) is 0 Å². The molecule has 1 fully saturated rings. The summed E-state index contributed by atoms with van der Waals surface area (Å²) in [6.45, 7) is 6.42. The highest BCUT2D eigenvalue weighted by Crippen LogP contribution is 2.31. The quantitative estimate of drug-likeness (QED) is 0.760. The van der Waals surface area contributed by atoms with E-state index < -0.39 is 5.97 Å². The normalized spacial score (nSPS) is 33.3. The van der Waals surface area contributed by atoms with Gasteiger partial charge in [0.2, 0.25) is 0 Å². The maximum Gasteiger partial charge on any atom is 0.305 e. The molecule has 0 aromatic heterocycles. The number of carboxylic acid groups (broad SMARTS) is 1. The fourth-order valence-electron chi connectivity index (χ4n) is 2.17. The Hall–Kier alpha value is -0.570. The molecule has 1 heterocycles. The largest absolute Gasteiger partial charge is 0.481 e. The van der Waals surface area contributed by atoms with E-state index in [0.29, 0.717) is 11.8 Å². The average molecular weight is 200 g/mol. The maximum absolute atomic E-state index is 10.6. The first-order valence-electron chi connectivity index (χ1n) is 5.36. The molecule has 0 amide bonds. The number of aliphatic carboxylic acids is 1. The van der Waals surface area contributed by atoms with Gasteiger partial charge in [0, 0.05) is 0 Å². The lowest BCUT2D eigenvalue weighted by Gasteiger charge is -2.35. The third-order valence-electron chi connectivity index (χ3n) is 2.97. The predicted octanol–water partition coefficient (Wildman–Crippen LogP) is 2.30. The Morgan fingerprint density at radius 1 is 1.50 bits per heavy atom. The second-order valence-corrected chi connectivity index (χ2v) is 4.64. The van der Waals surface area contributed by atoms with Crippen molar-refractivity contribution in [3.8, 4) is 0 Å². The number of ether oxygens (including phenoxy) is 1. The van der Waals surface area contributed by atoms with Crippen LogP contribution < -0.4 is 0 Å². The molecule has 1 N–H and O–H groups in total. The molecule has 0 radical (unpaired) electrons. The van der Waals surface area contributed by atoms with Crippen molar-refractivity contribution in [3.05, 3.63) is 0 Å². The lowest BCUT2D eigenvalue weighted by Crippen LogP contribution is -2.34. The molecule has 82 valence electrons. The Morgan fingerprint density at radius 3 is 2.64 bits per heavy atom. The van der Waals surface area contributed by atoms with Crippen molar-refractivity contribution in [3.63, 3.8) is 0 Å². The molecule has 1 aliphatic heterocycles. The first kappa shape index (κ1) is 11.5. The van der Waals surface area contributed by atoms with Crippen LogP contribution in [0.4, 0.5) is 0 Å². The molecule has 0 aromatic carbocycles. The maximum atomic E-state index is 10.6. The smallest absolute Gasteiger partial charge is 0.305 e. The summed E-state index contributed by atoms with van der Waals surface area (Å²) < 4.78 is 5.60. The van der Waals surface area contributed by atoms with Gasteiger partial charge >= 0.3 is 5.97 Å². The van der Waals surface area contributed by atoms with Crippen LogP contribution in [0.2, 0.25) is 0 Å². The van der Waals surface area contributed by atoms with Crippen LogP contribution in [-0.4, -0.2) is 23.3 Å². The van der Waals surface area contributed by atoms with E-state index in [9.17, 15) is 4.79 Å². The molecule has 3 atom stereocenters. The Morgan fingerprint density at radius 2 is 2.14 bits per heavy atom. The second-order valence-electron chi connectivity index (χ2n) is 4.64. The van der Waals surface area contributed by atoms with Crippen LogP contribution in [0, 0.1) is 11.8 Å². The lowest BCUT2D eigenvalue weighted by molar-refractivity contribution is -0.144. The summed E-state index contributed by atoms with van der Waals surface area (Å²) in [7, 11) is 0. The van der Waals surface area contributed by atoms with Gasteiger partial charge in [-0.1, -0.05) is 13.8 Å². The van der Waals surface area contributed by atoms with Crippen molar-refractivity contribution < 1.29 is 14.6 Å². The van der Waals surface area contributed by atoms with Crippen molar-refractivity contribution in [2.45, 2.75) is 52.2 Å². The highest BCUT2D eigenvalue weighted by Gasteiger charge is 2.29. The molecular formula is C11H20O3. The zero-order chi connectivity index (χ0) is 10.7. The molecule has 14 heavy (non-hydrogen) atoms. The molecule has 0 aliphatic carbocycles. The molecule has 1 aliphatic rings. The van der Waals surface area contributed by atoms with E-state index in [1.807, 2.05) is 6.92 Å². The van der Waals surface area contributed by atoms with Crippen LogP contribution in [0.25, 0.3) is 0 Å². The zero-order valence-corrected chi connectivity index (χ0v) is 9.19. The van der Waals surface area contributed by atoms with Crippen molar-refractivity contribution in [2.75, 3.05) is 0 Å². The van der Waals surface area contributed by atoms with Crippen LogP contribution in [0.1, 0.15) is 40.0 Å². The van der Waals surface area contributed by atoms with Crippen molar-refractivity contribution in [2.24, 2.45) is 11.8 Å². The Labute approximate surface area is 85.5 Å². The van der Waals surface area contributed by atoms with Crippen LogP contribution in [0.3, 0.4) is 0 Å². The number of rotatable bonds is 3. The van der Waals surface area contributed by atoms with Gasteiger partial charge < -0.3 is 9.84 Å². The number of carbonyl (C=O) groups is 1. The molecule has 0 saturated carbocycles. The molecule has 3 nitrogen and oxygen atoms in total. The van der Waals surface area contributed by atoms with Gasteiger partial charge in [-0.2, -0.15) is 0 Å². The fourth-order valence-corrected chi connectivity index (χ4v) is 2.17. The van der Waals surface area contributed by atoms with Gasteiger partial charge in [0.1, 0.15) is 0 Å². The van der Waals surface area contributed by atoms with Gasteiger partial charge in [-0.3, -0.25) is 4.79 Å². The first-order chi connectivity index (χ1) is 6.49. The third kappa shape index (κ3) is 3.29. The minimum atomic E-state index is -0.758. The summed E-state index contributed by atoms with van der Waals surface area (Å²) in [6.07, 6.45) is 2.24. The first-order valence-corrected chi connectivity index (χ1v) is 5.36. The summed E-state index contributed by atoms with van der Waals surface area (Å²) in [4.78, 5) is 10.6. The number of hydrogen-bond donors (Lipinski definition) is 1. The van der Waals surface area contributed by atoms with E-state index in [1.165, 1.54) is 0 Å². The average Bonchev–Trinajstić information content (AvgIpc) is 2.01. The molecular weight excluding hydrogens is 180 g/mol. The number of hydrogen-bond acceptors (Lipinski definition) is 2. The third-order valence-corrected chi connectivity index (χ3v) is 2.97. The molecule has 3 heteroatoms. The van der Waals surface area contributed by atoms with Crippen molar-refractivity contribution in [1.29, 1.82) is 0 Å². The SMILES string of the molecule is CC1CC(C(C)C)CC(CC(=O)O)O1. The van der Waals surface area contributed by atoms with Gasteiger partial charge in [-0.05, 0) is 31.6 Å². The lowest BCUT2D eigenvalue weighted by atomic mass is 9.83. The van der Waals surface area contributed by atoms with E-state index in [2.05, 4.69) is 13.8 Å². The molecule has 1 rings (SSSR count). The predicted molar refractivity (Wildman–Crippen MR) is 54.1 cm³/mol. The molecule has 0 spiro atoms. The second kappa shape index (κ2) is 4.78. The summed E-state index contributed by atoms with van der Waals surface area (Å²) >= 11 is 0. The summed E-state index contributed by atoms with van der Waals surface area (Å²) in [5, 5.41) is 8.70. The van der Waals surface area contributed by atoms with Crippen molar-refractivity contribution >= 4 is 5.97 Å². The molecule has 0 bridgehead atoms. The number of carboxylic acids is 1. The highest BCUT2D eigenvalue weighted by molar-refractivity contribution is 5.67. The van der Waals surface area contributed by atoms with Crippen LogP contribution in [0.15, 0.2) is 0 Å². The van der Waals surface area contributed by atoms with E-state index >= 15 is 0 Å². The van der Waals surface area contributed by atoms with Crippen molar-refractivity contribution in [1.82, 2.24) is 0 Å². The molecule has 3 unspecified atom stereocenters. The van der Waals surface area contributed by atoms with Gasteiger partial charge in [-0.25, -0.2) is 0 Å². The highest BCUT2D eigenvalue weighted by atomic mass is 16.5. The van der Waals surface area contributed by atoms with Gasteiger partial charge in [0.15, 0.2) is 0 Å². The van der Waals surface area contributed by atoms with E-state index in [4.69, 9.17) is 9.84 Å². The van der Waals surface area contributed by atoms with E-state index in [-0.39, 0.29) is 18.6 Å². The van der Waals surface area contributed by atoms with Crippen LogP contribution in [0.5, 0.6) is 0 Å². The monoisotopic (exact) mass is 200 g/mol. The summed E-state index contributed by atoms with van der Waals surface area (Å²) in [6, 6.07) is 0. The van der Waals surface area contributed by atoms with Gasteiger partial charge in [0.05, 0.1) is 18.6 Å². The Kier molecular flexibility index (Phi) is 3.93.